The summed E-state index contributed by atoms with van der Waals surface area (Å²) in [4.78, 5) is 9.27. The summed E-state index contributed by atoms with van der Waals surface area (Å²) in [6.45, 7) is 1.84. The molecule has 0 saturated heterocycles. The predicted octanol–water partition coefficient (Wildman–Crippen LogP) is 2.59. The average molecular weight is 316 g/mol. The van der Waals surface area contributed by atoms with Crippen molar-refractivity contribution in [3.05, 3.63) is 34.1 Å². The molecule has 21 heavy (non-hydrogen) atoms. The van der Waals surface area contributed by atoms with Crippen LogP contribution >= 0.6 is 0 Å². The minimum atomic E-state index is -4.12. The fourth-order valence-electron chi connectivity index (χ4n) is 2.23. The lowest BCUT2D eigenvalue weighted by Gasteiger charge is -2.16. The van der Waals surface area contributed by atoms with E-state index in [0.717, 1.165) is 31.0 Å². The lowest BCUT2D eigenvalue weighted by molar-refractivity contribution is -0.390. The van der Waals surface area contributed by atoms with Crippen molar-refractivity contribution in [1.82, 2.24) is 4.72 Å². The van der Waals surface area contributed by atoms with E-state index in [1.54, 1.807) is 0 Å². The van der Waals surface area contributed by atoms with Gasteiger partial charge >= 0.3 is 5.69 Å². The highest BCUT2D eigenvalue weighted by Crippen LogP contribution is 2.34. The normalized spacial score (nSPS) is 16.7. The minimum absolute atomic E-state index is 0.287. The van der Waals surface area contributed by atoms with Crippen molar-refractivity contribution in [2.45, 2.75) is 43.5 Å². The van der Waals surface area contributed by atoms with Gasteiger partial charge in [-0.15, -0.1) is 0 Å². The molecule has 0 heterocycles. The zero-order chi connectivity index (χ0) is 15.6. The Balaban J connectivity index is 2.30. The summed E-state index contributed by atoms with van der Waals surface area (Å²) in [5.41, 5.74) is -1.01. The molecule has 1 aliphatic carbocycles. The maximum atomic E-state index is 13.5. The van der Waals surface area contributed by atoms with Crippen molar-refractivity contribution in [2.24, 2.45) is 5.92 Å². The molecule has 116 valence electrons. The Hall–Kier alpha value is -1.54. The molecule has 2 rings (SSSR count). The van der Waals surface area contributed by atoms with Gasteiger partial charge in [0, 0.05) is 6.04 Å². The van der Waals surface area contributed by atoms with E-state index < -0.39 is 31.3 Å². The number of para-hydroxylation sites is 1. The van der Waals surface area contributed by atoms with Crippen LogP contribution < -0.4 is 4.72 Å². The summed E-state index contributed by atoms with van der Waals surface area (Å²) in [6, 6.07) is 2.79. The lowest BCUT2D eigenvalue weighted by atomic mass is 10.1. The molecular formula is C13H17FN2O4S. The van der Waals surface area contributed by atoms with E-state index in [1.807, 2.05) is 6.92 Å². The van der Waals surface area contributed by atoms with Gasteiger partial charge < -0.3 is 0 Å². The second-order valence-electron chi connectivity index (χ2n) is 5.25. The average Bonchev–Trinajstić information content (AvgIpc) is 3.20. The molecule has 0 aromatic heterocycles. The SMILES string of the molecule is CCC(CC1CC1)NS(=O)(=O)c1cccc(F)c1[N+](=O)[O-]. The van der Waals surface area contributed by atoms with Crippen LogP contribution in [0.5, 0.6) is 0 Å². The van der Waals surface area contributed by atoms with Crippen molar-refractivity contribution in [1.29, 1.82) is 0 Å². The molecule has 1 saturated carbocycles. The molecule has 1 aliphatic rings. The molecule has 8 heteroatoms. The summed E-state index contributed by atoms with van der Waals surface area (Å²) in [5, 5.41) is 10.9. The third kappa shape index (κ3) is 3.76. The fourth-order valence-corrected chi connectivity index (χ4v) is 3.74. The maximum absolute atomic E-state index is 13.5. The van der Waals surface area contributed by atoms with Crippen LogP contribution in [-0.2, 0) is 10.0 Å². The summed E-state index contributed by atoms with van der Waals surface area (Å²) in [6.07, 6.45) is 3.45. The molecular weight excluding hydrogens is 299 g/mol. The molecule has 1 aromatic carbocycles. The Morgan fingerprint density at radius 1 is 1.48 bits per heavy atom. The van der Waals surface area contributed by atoms with Gasteiger partial charge in [-0.25, -0.2) is 13.1 Å². The van der Waals surface area contributed by atoms with Crippen molar-refractivity contribution < 1.29 is 17.7 Å². The van der Waals surface area contributed by atoms with E-state index in [0.29, 0.717) is 18.8 Å². The quantitative estimate of drug-likeness (QED) is 0.618. The number of hydrogen-bond donors (Lipinski definition) is 1. The van der Waals surface area contributed by atoms with Gasteiger partial charge in [-0.2, -0.15) is 4.39 Å². The van der Waals surface area contributed by atoms with Crippen molar-refractivity contribution in [2.75, 3.05) is 0 Å². The van der Waals surface area contributed by atoms with E-state index >= 15 is 0 Å². The zero-order valence-corrected chi connectivity index (χ0v) is 12.4. The molecule has 0 aliphatic heterocycles. The minimum Gasteiger partial charge on any atom is -0.258 e. The van der Waals surface area contributed by atoms with Gasteiger partial charge in [0.1, 0.15) is 0 Å². The number of sulfonamides is 1. The van der Waals surface area contributed by atoms with Gasteiger partial charge in [-0.1, -0.05) is 25.8 Å². The van der Waals surface area contributed by atoms with Crippen LogP contribution in [0, 0.1) is 21.8 Å². The standard InChI is InChI=1S/C13H17FN2O4S/c1-2-10(8-9-6-7-9)15-21(19,20)12-5-3-4-11(14)13(12)16(17)18/h3-5,9-10,15H,2,6-8H2,1H3. The van der Waals surface area contributed by atoms with E-state index in [9.17, 15) is 22.9 Å². The van der Waals surface area contributed by atoms with Crippen molar-refractivity contribution in [3.63, 3.8) is 0 Å². The number of nitrogens with zero attached hydrogens (tertiary/aromatic N) is 1. The lowest BCUT2D eigenvalue weighted by Crippen LogP contribution is -2.35. The van der Waals surface area contributed by atoms with Crippen LogP contribution in [0.25, 0.3) is 0 Å². The highest BCUT2D eigenvalue weighted by Gasteiger charge is 2.32. The van der Waals surface area contributed by atoms with Gasteiger partial charge in [0.2, 0.25) is 15.8 Å². The van der Waals surface area contributed by atoms with Crippen LogP contribution in [0.2, 0.25) is 0 Å². The Kier molecular flexibility index (Phi) is 4.58. The monoisotopic (exact) mass is 316 g/mol. The fraction of sp³-hybridized carbons (Fsp3) is 0.538. The number of nitro groups is 1. The molecule has 1 aromatic rings. The molecule has 6 nitrogen and oxygen atoms in total. The van der Waals surface area contributed by atoms with Gasteiger partial charge in [-0.3, -0.25) is 10.1 Å². The van der Waals surface area contributed by atoms with Gasteiger partial charge in [0.05, 0.1) is 4.92 Å². The smallest absolute Gasteiger partial charge is 0.258 e. The Labute approximate surface area is 122 Å². The van der Waals surface area contributed by atoms with Crippen LogP contribution in [0.4, 0.5) is 10.1 Å². The van der Waals surface area contributed by atoms with Crippen molar-refractivity contribution >= 4 is 15.7 Å². The number of nitro benzene ring substituents is 1. The largest absolute Gasteiger partial charge is 0.324 e. The van der Waals surface area contributed by atoms with E-state index in [1.165, 1.54) is 0 Å². The first-order chi connectivity index (χ1) is 9.85. The Bertz CT molecular complexity index is 644. The summed E-state index contributed by atoms with van der Waals surface area (Å²) in [5.74, 6) is -0.640. The molecule has 1 N–H and O–H groups in total. The molecule has 1 unspecified atom stereocenters. The van der Waals surface area contributed by atoms with Crippen molar-refractivity contribution in [3.8, 4) is 0 Å². The van der Waals surface area contributed by atoms with Crippen LogP contribution in [0.3, 0.4) is 0 Å². The summed E-state index contributed by atoms with van der Waals surface area (Å²) >= 11 is 0. The second kappa shape index (κ2) is 6.07. The molecule has 0 radical (unpaired) electrons. The number of nitrogens with one attached hydrogen (secondary N) is 1. The van der Waals surface area contributed by atoms with Gasteiger partial charge in [0.15, 0.2) is 4.90 Å². The van der Waals surface area contributed by atoms with Gasteiger partial charge in [-0.05, 0) is 30.9 Å². The summed E-state index contributed by atoms with van der Waals surface area (Å²) in [7, 11) is -4.12. The Morgan fingerprint density at radius 3 is 2.67 bits per heavy atom. The highest BCUT2D eigenvalue weighted by atomic mass is 32.2. The molecule has 1 atom stereocenters. The van der Waals surface area contributed by atoms with Gasteiger partial charge in [0.25, 0.3) is 0 Å². The third-order valence-corrected chi connectivity index (χ3v) is 5.10. The maximum Gasteiger partial charge on any atom is 0.324 e. The predicted molar refractivity (Wildman–Crippen MR) is 74.8 cm³/mol. The Morgan fingerprint density at radius 2 is 2.14 bits per heavy atom. The highest BCUT2D eigenvalue weighted by molar-refractivity contribution is 7.89. The van der Waals surface area contributed by atoms with E-state index in [-0.39, 0.29) is 6.04 Å². The van der Waals surface area contributed by atoms with Crippen LogP contribution in [0.15, 0.2) is 23.1 Å². The van der Waals surface area contributed by atoms with E-state index in [2.05, 4.69) is 4.72 Å². The van der Waals surface area contributed by atoms with E-state index in [4.69, 9.17) is 0 Å². The first-order valence-electron chi connectivity index (χ1n) is 6.80. The topological polar surface area (TPSA) is 89.3 Å². The number of hydrogen-bond acceptors (Lipinski definition) is 4. The van der Waals surface area contributed by atoms with Crippen LogP contribution in [0.1, 0.15) is 32.6 Å². The number of rotatable bonds is 7. The first-order valence-corrected chi connectivity index (χ1v) is 8.28. The molecule has 0 spiro atoms. The molecule has 0 amide bonds. The zero-order valence-electron chi connectivity index (χ0n) is 11.6. The second-order valence-corrected chi connectivity index (χ2v) is 6.93. The number of benzene rings is 1. The number of halogens is 1. The molecule has 0 bridgehead atoms. The third-order valence-electron chi connectivity index (χ3n) is 3.55. The van der Waals surface area contributed by atoms with Crippen LogP contribution in [-0.4, -0.2) is 19.4 Å². The first kappa shape index (κ1) is 15.8. The summed E-state index contributed by atoms with van der Waals surface area (Å²) < 4.78 is 40.6. The molecule has 1 fully saturated rings.